The fourth-order valence-electron chi connectivity index (χ4n) is 2.23. The summed E-state index contributed by atoms with van der Waals surface area (Å²) in [6, 6.07) is 4.32. The van der Waals surface area contributed by atoms with Crippen molar-refractivity contribution in [2.75, 3.05) is 6.61 Å². The molecule has 1 aromatic carbocycles. The van der Waals surface area contributed by atoms with Crippen molar-refractivity contribution in [2.24, 2.45) is 0 Å². The quantitative estimate of drug-likeness (QED) is 0.704. The van der Waals surface area contributed by atoms with Crippen LogP contribution in [-0.4, -0.2) is 23.8 Å². The maximum Gasteiger partial charge on any atom is 0.387 e. The lowest BCUT2D eigenvalue weighted by Crippen LogP contribution is -2.09. The number of rotatable bonds is 8. The minimum absolute atomic E-state index is 0. The minimum Gasteiger partial charge on any atom is -0.870 e. The topological polar surface area (TPSA) is 82.8 Å². The summed E-state index contributed by atoms with van der Waals surface area (Å²) in [4.78, 5) is 2.79. The summed E-state index contributed by atoms with van der Waals surface area (Å²) in [6.07, 6.45) is 3.04. The van der Waals surface area contributed by atoms with Gasteiger partial charge < -0.3 is 20.1 Å². The van der Waals surface area contributed by atoms with E-state index < -0.39 is 12.7 Å². The van der Waals surface area contributed by atoms with Gasteiger partial charge in [-0.2, -0.15) is 8.78 Å². The number of ether oxygens (including phenoxy) is 2. The van der Waals surface area contributed by atoms with Crippen LogP contribution in [-0.2, 0) is 6.42 Å². The number of halogens is 4. The van der Waals surface area contributed by atoms with Crippen LogP contribution in [0.25, 0.3) is 0 Å². The molecule has 5 nitrogen and oxygen atoms in total. The number of aromatic nitrogens is 1. The smallest absolute Gasteiger partial charge is 0.387 e. The van der Waals surface area contributed by atoms with Crippen LogP contribution >= 0.6 is 23.2 Å². The molecule has 9 heteroatoms. The predicted molar refractivity (Wildman–Crippen MR) is 92.5 cm³/mol. The summed E-state index contributed by atoms with van der Waals surface area (Å²) in [6.45, 7) is -0.730. The Kier molecular flexibility index (Phi) is 9.01. The van der Waals surface area contributed by atoms with Gasteiger partial charge in [-0.3, -0.25) is 0 Å². The van der Waals surface area contributed by atoms with E-state index >= 15 is 0 Å². The molecule has 2 aromatic rings. The standard InChI is InChI=1S/C17H17Cl2F2NO3.H2O/c1-2-5-24-16-6-10(3-4-15(16)25-17(20)21)14(23)7-11-12(18)8-22-9-13(11)19;/h3-4,6,8-9,14,17,23H,2,5,7H2,1H3;1H2/t14-;/m0./s1. The molecule has 0 amide bonds. The van der Waals surface area contributed by atoms with Gasteiger partial charge in [-0.15, -0.1) is 0 Å². The number of aromatic amines is 1. The van der Waals surface area contributed by atoms with Crippen LogP contribution in [0.3, 0.4) is 0 Å². The first-order valence-corrected chi connectivity index (χ1v) is 8.41. The monoisotopic (exact) mass is 409 g/mol. The molecule has 26 heavy (non-hydrogen) atoms. The summed E-state index contributed by atoms with van der Waals surface area (Å²) >= 11 is 12.2. The van der Waals surface area contributed by atoms with Gasteiger partial charge in [0.05, 0.1) is 12.7 Å². The van der Waals surface area contributed by atoms with Gasteiger partial charge in [-0.25, -0.2) is 4.98 Å². The molecule has 0 saturated heterocycles. The fourth-order valence-corrected chi connectivity index (χ4v) is 2.76. The Bertz CT molecular complexity index is 699. The molecule has 144 valence electrons. The van der Waals surface area contributed by atoms with Gasteiger partial charge in [-0.1, -0.05) is 36.2 Å². The molecule has 0 unspecified atom stereocenters. The van der Waals surface area contributed by atoms with Crippen molar-refractivity contribution in [2.45, 2.75) is 32.5 Å². The van der Waals surface area contributed by atoms with Gasteiger partial charge in [0, 0.05) is 12.0 Å². The fraction of sp³-hybridized carbons (Fsp3) is 0.353. The van der Waals surface area contributed by atoms with E-state index in [0.29, 0.717) is 34.2 Å². The zero-order chi connectivity index (χ0) is 18.4. The average Bonchev–Trinajstić information content (AvgIpc) is 2.56. The molecule has 3 N–H and O–H groups in total. The van der Waals surface area contributed by atoms with Crippen LogP contribution in [0.4, 0.5) is 8.78 Å². The van der Waals surface area contributed by atoms with Crippen molar-refractivity contribution in [1.29, 1.82) is 0 Å². The van der Waals surface area contributed by atoms with E-state index in [2.05, 4.69) is 9.72 Å². The Morgan fingerprint density at radius 3 is 2.38 bits per heavy atom. The van der Waals surface area contributed by atoms with E-state index in [1.807, 2.05) is 6.92 Å². The van der Waals surface area contributed by atoms with Crippen molar-refractivity contribution >= 4 is 23.2 Å². The van der Waals surface area contributed by atoms with Crippen LogP contribution in [0.1, 0.15) is 30.6 Å². The third-order valence-electron chi connectivity index (χ3n) is 3.42. The van der Waals surface area contributed by atoms with E-state index in [0.717, 1.165) is 0 Å². The molecule has 0 bridgehead atoms. The maximum absolute atomic E-state index is 12.5. The summed E-state index contributed by atoms with van der Waals surface area (Å²) in [5.41, 5.74) is 1.06. The van der Waals surface area contributed by atoms with Crippen molar-refractivity contribution in [3.63, 3.8) is 0 Å². The molecule has 0 aliphatic carbocycles. The second-order valence-electron chi connectivity index (χ2n) is 5.28. The predicted octanol–water partition coefficient (Wildman–Crippen LogP) is 4.30. The van der Waals surface area contributed by atoms with Crippen LogP contribution in [0.5, 0.6) is 11.5 Å². The Morgan fingerprint density at radius 2 is 1.81 bits per heavy atom. The summed E-state index contributed by atoms with van der Waals surface area (Å²) in [7, 11) is 0. The summed E-state index contributed by atoms with van der Waals surface area (Å²) in [5, 5.41) is 11.3. The molecule has 0 radical (unpaired) electrons. The molecule has 0 spiro atoms. The summed E-state index contributed by atoms with van der Waals surface area (Å²) in [5.74, 6) is 0.0714. The second kappa shape index (κ2) is 10.5. The van der Waals surface area contributed by atoms with E-state index in [1.54, 1.807) is 12.4 Å². The molecule has 0 aliphatic rings. The number of pyridine rings is 1. The third-order valence-corrected chi connectivity index (χ3v) is 4.10. The lowest BCUT2D eigenvalue weighted by atomic mass is 10.0. The van der Waals surface area contributed by atoms with Crippen molar-refractivity contribution in [1.82, 2.24) is 0 Å². The summed E-state index contributed by atoms with van der Waals surface area (Å²) < 4.78 is 34.9. The average molecular weight is 410 g/mol. The Labute approximate surface area is 159 Å². The second-order valence-corrected chi connectivity index (χ2v) is 6.10. The first kappa shape index (κ1) is 22.4. The van der Waals surface area contributed by atoms with Crippen LogP contribution in [0, 0.1) is 0 Å². The number of hydrogen-bond donors (Lipinski definition) is 1. The van der Waals surface area contributed by atoms with Crippen LogP contribution < -0.4 is 14.5 Å². The number of nitrogens with one attached hydrogen (secondary N) is 1. The molecule has 0 saturated carbocycles. The highest BCUT2D eigenvalue weighted by atomic mass is 35.5. The van der Waals surface area contributed by atoms with Gasteiger partial charge in [0.15, 0.2) is 23.9 Å². The lowest BCUT2D eigenvalue weighted by molar-refractivity contribution is -0.377. The van der Waals surface area contributed by atoms with Crippen LogP contribution in [0.15, 0.2) is 30.6 Å². The molecular formula is C17H19Cl2F2NO4. The van der Waals surface area contributed by atoms with E-state index in [4.69, 9.17) is 27.9 Å². The lowest BCUT2D eigenvalue weighted by Gasteiger charge is -2.16. The highest BCUT2D eigenvalue weighted by Gasteiger charge is 2.19. The molecule has 0 aliphatic heterocycles. The van der Waals surface area contributed by atoms with Gasteiger partial charge in [0.1, 0.15) is 10.0 Å². The molecule has 1 heterocycles. The molecule has 1 aromatic heterocycles. The van der Waals surface area contributed by atoms with E-state index in [9.17, 15) is 13.9 Å². The zero-order valence-electron chi connectivity index (χ0n) is 13.9. The maximum atomic E-state index is 12.5. The zero-order valence-corrected chi connectivity index (χ0v) is 15.4. The Hall–Kier alpha value is -1.67. The number of alkyl halides is 2. The Balaban J connectivity index is 0.00000338. The van der Waals surface area contributed by atoms with Crippen molar-refractivity contribution in [3.8, 4) is 11.5 Å². The largest absolute Gasteiger partial charge is 0.870 e. The van der Waals surface area contributed by atoms with Gasteiger partial charge in [0.25, 0.3) is 0 Å². The number of hydrogen-bond acceptors (Lipinski definition) is 4. The molecular weight excluding hydrogens is 391 g/mol. The number of aliphatic hydroxyl groups is 1. The van der Waals surface area contributed by atoms with E-state index in [1.165, 1.54) is 18.2 Å². The highest BCUT2D eigenvalue weighted by molar-refractivity contribution is 6.35. The SMILES string of the molecule is CCCOc1cc([C@@H](O)Cc2c(Cl)c[nH+]cc2Cl)ccc1OC(F)F.[OH-]. The first-order chi connectivity index (χ1) is 11.9. The van der Waals surface area contributed by atoms with Gasteiger partial charge in [0.2, 0.25) is 0 Å². The number of aliphatic hydroxyl groups excluding tert-OH is 1. The van der Waals surface area contributed by atoms with Crippen molar-refractivity contribution in [3.05, 3.63) is 51.8 Å². The van der Waals surface area contributed by atoms with Crippen LogP contribution in [0.2, 0.25) is 10.0 Å². The van der Waals surface area contributed by atoms with Gasteiger partial charge >= 0.3 is 6.61 Å². The number of benzene rings is 1. The first-order valence-electron chi connectivity index (χ1n) is 7.66. The Morgan fingerprint density at radius 1 is 1.15 bits per heavy atom. The van der Waals surface area contributed by atoms with Crippen molar-refractivity contribution < 1.29 is 33.8 Å². The molecule has 1 atom stereocenters. The van der Waals surface area contributed by atoms with E-state index in [-0.39, 0.29) is 23.4 Å². The molecule has 2 rings (SSSR count). The van der Waals surface area contributed by atoms with Gasteiger partial charge in [-0.05, 0) is 24.1 Å². The minimum atomic E-state index is -2.96. The third kappa shape index (κ3) is 5.95. The number of H-pyrrole nitrogens is 1. The highest BCUT2D eigenvalue weighted by Crippen LogP contribution is 2.34. The normalized spacial score (nSPS) is 11.8. The molecule has 0 fully saturated rings.